The standard InChI is InChI=1S/C9H18O3/c1-2-3-8-12-9(11)6-4-5-7-10/h10H,2-8H2,1H3. The lowest BCUT2D eigenvalue weighted by molar-refractivity contribution is -0.143. The number of aliphatic hydroxyl groups excluding tert-OH is 1. The molecule has 0 rings (SSSR count). The van der Waals surface area contributed by atoms with Crippen LogP contribution in [0.2, 0.25) is 0 Å². The van der Waals surface area contributed by atoms with E-state index in [1.807, 2.05) is 0 Å². The zero-order chi connectivity index (χ0) is 9.23. The van der Waals surface area contributed by atoms with Crippen LogP contribution in [0.25, 0.3) is 0 Å². The van der Waals surface area contributed by atoms with Gasteiger partial charge in [0.1, 0.15) is 0 Å². The molecule has 0 radical (unpaired) electrons. The maximum atomic E-state index is 10.9. The van der Waals surface area contributed by atoms with Gasteiger partial charge in [0.25, 0.3) is 0 Å². The monoisotopic (exact) mass is 174 g/mol. The lowest BCUT2D eigenvalue weighted by Gasteiger charge is -2.02. The molecule has 0 aliphatic heterocycles. The summed E-state index contributed by atoms with van der Waals surface area (Å²) >= 11 is 0. The van der Waals surface area contributed by atoms with Crippen molar-refractivity contribution in [2.45, 2.75) is 39.0 Å². The fourth-order valence-electron chi connectivity index (χ4n) is 0.784. The van der Waals surface area contributed by atoms with Gasteiger partial charge in [-0.25, -0.2) is 0 Å². The molecular weight excluding hydrogens is 156 g/mol. The largest absolute Gasteiger partial charge is 0.466 e. The Labute approximate surface area is 73.7 Å². The van der Waals surface area contributed by atoms with Gasteiger partial charge in [0.05, 0.1) is 6.61 Å². The summed E-state index contributed by atoms with van der Waals surface area (Å²) < 4.78 is 4.91. The molecule has 12 heavy (non-hydrogen) atoms. The van der Waals surface area contributed by atoms with Gasteiger partial charge in [0.2, 0.25) is 0 Å². The summed E-state index contributed by atoms with van der Waals surface area (Å²) in [5, 5.41) is 8.44. The number of ether oxygens (including phenoxy) is 1. The van der Waals surface area contributed by atoms with Crippen LogP contribution in [-0.2, 0) is 9.53 Å². The molecule has 0 aromatic rings. The number of aliphatic hydroxyl groups is 1. The fraction of sp³-hybridized carbons (Fsp3) is 0.889. The summed E-state index contributed by atoms with van der Waals surface area (Å²) in [5.74, 6) is -0.142. The summed E-state index contributed by atoms with van der Waals surface area (Å²) in [7, 11) is 0. The first-order valence-electron chi connectivity index (χ1n) is 4.57. The molecule has 0 heterocycles. The highest BCUT2D eigenvalue weighted by Gasteiger charge is 2.00. The molecule has 3 heteroatoms. The Morgan fingerprint density at radius 2 is 2.08 bits per heavy atom. The predicted octanol–water partition coefficient (Wildman–Crippen LogP) is 1.49. The number of unbranched alkanes of at least 4 members (excludes halogenated alkanes) is 2. The lowest BCUT2D eigenvalue weighted by atomic mass is 10.2. The van der Waals surface area contributed by atoms with E-state index in [2.05, 4.69) is 6.92 Å². The van der Waals surface area contributed by atoms with Gasteiger partial charge in [-0.05, 0) is 19.3 Å². The normalized spacial score (nSPS) is 9.83. The van der Waals surface area contributed by atoms with E-state index in [1.165, 1.54) is 0 Å². The molecular formula is C9H18O3. The molecule has 0 aliphatic rings. The molecule has 1 N–H and O–H groups in total. The van der Waals surface area contributed by atoms with E-state index in [-0.39, 0.29) is 12.6 Å². The number of hydrogen-bond acceptors (Lipinski definition) is 3. The molecule has 0 spiro atoms. The topological polar surface area (TPSA) is 46.5 Å². The average molecular weight is 174 g/mol. The summed E-state index contributed by atoms with van der Waals surface area (Å²) in [6.45, 7) is 2.75. The maximum absolute atomic E-state index is 10.9. The highest BCUT2D eigenvalue weighted by molar-refractivity contribution is 5.69. The van der Waals surface area contributed by atoms with Gasteiger partial charge in [0, 0.05) is 13.0 Å². The minimum absolute atomic E-state index is 0.142. The second kappa shape index (κ2) is 8.53. The maximum Gasteiger partial charge on any atom is 0.305 e. The van der Waals surface area contributed by atoms with Gasteiger partial charge >= 0.3 is 5.97 Å². The SMILES string of the molecule is CCCCOC(=O)CCCCO. The van der Waals surface area contributed by atoms with Crippen LogP contribution in [0.15, 0.2) is 0 Å². The summed E-state index contributed by atoms with van der Waals surface area (Å²) in [4.78, 5) is 10.9. The van der Waals surface area contributed by atoms with E-state index in [1.54, 1.807) is 0 Å². The Bertz CT molecular complexity index is 100. The van der Waals surface area contributed by atoms with Crippen LogP contribution in [0, 0.1) is 0 Å². The molecule has 0 saturated carbocycles. The van der Waals surface area contributed by atoms with Crippen molar-refractivity contribution in [2.75, 3.05) is 13.2 Å². The average Bonchev–Trinajstić information content (AvgIpc) is 2.06. The van der Waals surface area contributed by atoms with Gasteiger partial charge in [-0.15, -0.1) is 0 Å². The minimum atomic E-state index is -0.142. The van der Waals surface area contributed by atoms with Gasteiger partial charge in [0.15, 0.2) is 0 Å². The van der Waals surface area contributed by atoms with Crippen molar-refractivity contribution >= 4 is 5.97 Å². The van der Waals surface area contributed by atoms with Crippen molar-refractivity contribution in [1.29, 1.82) is 0 Å². The third-order valence-electron chi connectivity index (χ3n) is 1.55. The Balaban J connectivity index is 3.10. The molecule has 0 bridgehead atoms. The molecule has 0 amide bonds. The van der Waals surface area contributed by atoms with E-state index in [0.717, 1.165) is 19.3 Å². The highest BCUT2D eigenvalue weighted by Crippen LogP contribution is 1.98. The number of carbonyl (C=O) groups is 1. The molecule has 0 fully saturated rings. The van der Waals surface area contributed by atoms with E-state index in [0.29, 0.717) is 19.4 Å². The van der Waals surface area contributed by atoms with Crippen LogP contribution in [-0.4, -0.2) is 24.3 Å². The summed E-state index contributed by atoms with van der Waals surface area (Å²) in [6, 6.07) is 0. The lowest BCUT2D eigenvalue weighted by Crippen LogP contribution is -2.05. The van der Waals surface area contributed by atoms with Crippen molar-refractivity contribution in [2.24, 2.45) is 0 Å². The van der Waals surface area contributed by atoms with Crippen molar-refractivity contribution in [3.8, 4) is 0 Å². The molecule has 0 aliphatic carbocycles. The van der Waals surface area contributed by atoms with E-state index < -0.39 is 0 Å². The van der Waals surface area contributed by atoms with Gasteiger partial charge in [-0.3, -0.25) is 4.79 Å². The predicted molar refractivity (Wildman–Crippen MR) is 46.8 cm³/mol. The van der Waals surface area contributed by atoms with Gasteiger partial charge < -0.3 is 9.84 Å². The fourth-order valence-corrected chi connectivity index (χ4v) is 0.784. The Morgan fingerprint density at radius 3 is 2.67 bits per heavy atom. The van der Waals surface area contributed by atoms with Crippen molar-refractivity contribution in [1.82, 2.24) is 0 Å². The van der Waals surface area contributed by atoms with E-state index in [9.17, 15) is 4.79 Å². The third-order valence-corrected chi connectivity index (χ3v) is 1.55. The van der Waals surface area contributed by atoms with Crippen LogP contribution >= 0.6 is 0 Å². The second-order valence-corrected chi connectivity index (χ2v) is 2.75. The molecule has 72 valence electrons. The number of hydrogen-bond donors (Lipinski definition) is 1. The molecule has 0 aromatic heterocycles. The number of esters is 1. The van der Waals surface area contributed by atoms with Gasteiger partial charge in [-0.1, -0.05) is 13.3 Å². The summed E-state index contributed by atoms with van der Waals surface area (Å²) in [5.41, 5.74) is 0. The second-order valence-electron chi connectivity index (χ2n) is 2.75. The molecule has 0 unspecified atom stereocenters. The summed E-state index contributed by atoms with van der Waals surface area (Å²) in [6.07, 6.45) is 3.82. The third kappa shape index (κ3) is 7.54. The van der Waals surface area contributed by atoms with Crippen LogP contribution in [0.1, 0.15) is 39.0 Å². The van der Waals surface area contributed by atoms with Crippen molar-refractivity contribution in [3.05, 3.63) is 0 Å². The molecule has 0 atom stereocenters. The van der Waals surface area contributed by atoms with Crippen LogP contribution in [0.5, 0.6) is 0 Å². The van der Waals surface area contributed by atoms with E-state index >= 15 is 0 Å². The Kier molecular flexibility index (Phi) is 8.12. The highest BCUT2D eigenvalue weighted by atomic mass is 16.5. The molecule has 0 aromatic carbocycles. The van der Waals surface area contributed by atoms with Crippen LogP contribution < -0.4 is 0 Å². The quantitative estimate of drug-likeness (QED) is 0.470. The van der Waals surface area contributed by atoms with Crippen LogP contribution in [0.4, 0.5) is 0 Å². The minimum Gasteiger partial charge on any atom is -0.466 e. The Morgan fingerprint density at radius 1 is 1.33 bits per heavy atom. The number of rotatable bonds is 7. The first-order chi connectivity index (χ1) is 5.81. The smallest absolute Gasteiger partial charge is 0.305 e. The van der Waals surface area contributed by atoms with Crippen LogP contribution in [0.3, 0.4) is 0 Å². The number of carbonyl (C=O) groups excluding carboxylic acids is 1. The van der Waals surface area contributed by atoms with Crippen molar-refractivity contribution in [3.63, 3.8) is 0 Å². The van der Waals surface area contributed by atoms with E-state index in [4.69, 9.17) is 9.84 Å². The zero-order valence-electron chi connectivity index (χ0n) is 7.71. The molecule has 0 saturated heterocycles. The zero-order valence-corrected chi connectivity index (χ0v) is 7.71. The van der Waals surface area contributed by atoms with Gasteiger partial charge in [-0.2, -0.15) is 0 Å². The van der Waals surface area contributed by atoms with Crippen molar-refractivity contribution < 1.29 is 14.6 Å². The first-order valence-corrected chi connectivity index (χ1v) is 4.57. The Hall–Kier alpha value is -0.570. The first kappa shape index (κ1) is 11.4. The molecule has 3 nitrogen and oxygen atoms in total.